The molecule has 7 heteroatoms. The highest BCUT2D eigenvalue weighted by Crippen LogP contribution is 2.30. The predicted molar refractivity (Wildman–Crippen MR) is 100 cm³/mol. The predicted octanol–water partition coefficient (Wildman–Crippen LogP) is 1.44. The molecule has 4 rings (SSSR count). The van der Waals surface area contributed by atoms with E-state index in [1.54, 1.807) is 0 Å². The third kappa shape index (κ3) is 3.20. The zero-order valence-electron chi connectivity index (χ0n) is 15.7. The van der Waals surface area contributed by atoms with Gasteiger partial charge in [0, 0.05) is 32.2 Å². The first-order valence-electron chi connectivity index (χ1n) is 9.70. The average Bonchev–Trinajstić information content (AvgIpc) is 3.26. The van der Waals surface area contributed by atoms with Crippen molar-refractivity contribution in [1.82, 2.24) is 20.0 Å². The number of imide groups is 1. The van der Waals surface area contributed by atoms with Gasteiger partial charge in [-0.15, -0.1) is 0 Å². The van der Waals surface area contributed by atoms with Crippen molar-refractivity contribution in [3.8, 4) is 0 Å². The lowest BCUT2D eigenvalue weighted by molar-refractivity contribution is -0.131. The highest BCUT2D eigenvalue weighted by molar-refractivity contribution is 6.07. The summed E-state index contributed by atoms with van der Waals surface area (Å²) in [5, 5.41) is 2.82. The summed E-state index contributed by atoms with van der Waals surface area (Å²) in [6.07, 6.45) is 3.36. The fraction of sp³-hybridized carbons (Fsp3) is 0.550. The number of amides is 4. The average molecular weight is 370 g/mol. The van der Waals surface area contributed by atoms with Crippen molar-refractivity contribution in [1.29, 1.82) is 0 Å². The molecule has 0 aromatic heterocycles. The summed E-state index contributed by atoms with van der Waals surface area (Å²) in [6.45, 7) is 3.92. The van der Waals surface area contributed by atoms with Gasteiger partial charge in [-0.1, -0.05) is 18.2 Å². The summed E-state index contributed by atoms with van der Waals surface area (Å²) in [5.41, 5.74) is 0.978. The number of nitrogens with zero attached hydrogens (tertiary/aromatic N) is 3. The molecular weight excluding hydrogens is 344 g/mol. The normalized spacial score (nSPS) is 22.6. The molecule has 1 spiro atoms. The second-order valence-corrected chi connectivity index (χ2v) is 7.81. The van der Waals surface area contributed by atoms with Gasteiger partial charge in [-0.3, -0.25) is 19.4 Å². The topological polar surface area (TPSA) is 73.0 Å². The molecule has 3 aliphatic rings. The molecule has 4 amide bonds. The lowest BCUT2D eigenvalue weighted by Crippen LogP contribution is -2.55. The molecule has 1 N–H and O–H groups in total. The summed E-state index contributed by atoms with van der Waals surface area (Å²) in [5.74, 6) is -0.168. The largest absolute Gasteiger partial charge is 0.338 e. The summed E-state index contributed by atoms with van der Waals surface area (Å²) >= 11 is 0. The first-order chi connectivity index (χ1) is 13.0. The SMILES string of the molecule is CN1C(=O)NC2(CCN(C(=O)c3ccccc3CN3CCCC3)CC2)C1=O. The van der Waals surface area contributed by atoms with Crippen molar-refractivity contribution in [2.45, 2.75) is 37.8 Å². The molecule has 0 aliphatic carbocycles. The van der Waals surface area contributed by atoms with Gasteiger partial charge in [0.15, 0.2) is 0 Å². The number of likely N-dealkylation sites (N-methyl/N-ethyl adjacent to an activating group) is 1. The maximum atomic E-state index is 13.1. The summed E-state index contributed by atoms with van der Waals surface area (Å²) in [4.78, 5) is 42.7. The number of urea groups is 1. The smallest absolute Gasteiger partial charge is 0.324 e. The van der Waals surface area contributed by atoms with Crippen molar-refractivity contribution in [2.75, 3.05) is 33.2 Å². The third-order valence-corrected chi connectivity index (χ3v) is 6.11. The molecule has 144 valence electrons. The summed E-state index contributed by atoms with van der Waals surface area (Å²) in [7, 11) is 1.50. The molecule has 1 aromatic carbocycles. The lowest BCUT2D eigenvalue weighted by atomic mass is 9.87. The maximum absolute atomic E-state index is 13.1. The summed E-state index contributed by atoms with van der Waals surface area (Å²) in [6, 6.07) is 7.47. The molecule has 0 unspecified atom stereocenters. The van der Waals surface area contributed by atoms with Crippen LogP contribution in [0.15, 0.2) is 24.3 Å². The van der Waals surface area contributed by atoms with Gasteiger partial charge in [0.1, 0.15) is 5.54 Å². The van der Waals surface area contributed by atoms with Crippen LogP contribution in [0.4, 0.5) is 4.79 Å². The Labute approximate surface area is 159 Å². The molecule has 7 nitrogen and oxygen atoms in total. The molecule has 3 aliphatic heterocycles. The zero-order chi connectivity index (χ0) is 19.0. The number of benzene rings is 1. The Bertz CT molecular complexity index is 764. The Morgan fingerprint density at radius 1 is 1.07 bits per heavy atom. The van der Waals surface area contributed by atoms with Crippen molar-refractivity contribution < 1.29 is 14.4 Å². The molecule has 1 aromatic rings. The Hall–Kier alpha value is -2.41. The van der Waals surface area contributed by atoms with Gasteiger partial charge in [-0.2, -0.15) is 0 Å². The van der Waals surface area contributed by atoms with Gasteiger partial charge in [-0.05, 0) is 50.4 Å². The number of nitrogens with one attached hydrogen (secondary N) is 1. The lowest BCUT2D eigenvalue weighted by Gasteiger charge is -2.37. The van der Waals surface area contributed by atoms with Crippen LogP contribution in [0.5, 0.6) is 0 Å². The highest BCUT2D eigenvalue weighted by atomic mass is 16.2. The fourth-order valence-corrected chi connectivity index (χ4v) is 4.40. The van der Waals surface area contributed by atoms with Gasteiger partial charge in [-0.25, -0.2) is 4.79 Å². The Morgan fingerprint density at radius 2 is 1.74 bits per heavy atom. The van der Waals surface area contributed by atoms with Crippen LogP contribution in [0.3, 0.4) is 0 Å². The molecule has 0 saturated carbocycles. The fourth-order valence-electron chi connectivity index (χ4n) is 4.40. The zero-order valence-corrected chi connectivity index (χ0v) is 15.7. The molecule has 0 atom stereocenters. The number of carbonyl (C=O) groups excluding carboxylic acids is 3. The van der Waals surface area contributed by atoms with E-state index >= 15 is 0 Å². The molecule has 0 radical (unpaired) electrons. The van der Waals surface area contributed by atoms with Crippen LogP contribution < -0.4 is 5.32 Å². The van der Waals surface area contributed by atoms with Crippen LogP contribution in [0.2, 0.25) is 0 Å². The second kappa shape index (κ2) is 6.96. The van der Waals surface area contributed by atoms with Gasteiger partial charge < -0.3 is 10.2 Å². The molecule has 3 saturated heterocycles. The molecule has 27 heavy (non-hydrogen) atoms. The monoisotopic (exact) mass is 370 g/mol. The van der Waals surface area contributed by atoms with E-state index in [1.807, 2.05) is 29.2 Å². The minimum Gasteiger partial charge on any atom is -0.338 e. The molecular formula is C20H26N4O3. The quantitative estimate of drug-likeness (QED) is 0.817. The van der Waals surface area contributed by atoms with Gasteiger partial charge in [0.05, 0.1) is 0 Å². The standard InChI is InChI=1S/C20H26N4O3/c1-22-18(26)20(21-19(22)27)8-12-24(13-9-20)17(25)16-7-3-2-6-15(16)14-23-10-4-5-11-23/h2-3,6-7H,4-5,8-14H2,1H3,(H,21,27). The summed E-state index contributed by atoms with van der Waals surface area (Å²) < 4.78 is 0. The molecule has 3 heterocycles. The number of piperidine rings is 1. The minimum absolute atomic E-state index is 0.0183. The highest BCUT2D eigenvalue weighted by Gasteiger charge is 2.51. The minimum atomic E-state index is -0.836. The van der Waals surface area contributed by atoms with Crippen LogP contribution in [0, 0.1) is 0 Å². The Morgan fingerprint density at radius 3 is 2.37 bits per heavy atom. The third-order valence-electron chi connectivity index (χ3n) is 6.11. The van der Waals surface area contributed by atoms with Gasteiger partial charge in [0.2, 0.25) is 0 Å². The van der Waals surface area contributed by atoms with E-state index in [9.17, 15) is 14.4 Å². The van der Waals surface area contributed by atoms with Crippen molar-refractivity contribution in [3.63, 3.8) is 0 Å². The molecule has 0 bridgehead atoms. The van der Waals surface area contributed by atoms with E-state index in [2.05, 4.69) is 10.2 Å². The molecule has 3 fully saturated rings. The number of rotatable bonds is 3. The van der Waals surface area contributed by atoms with Crippen LogP contribution in [0.25, 0.3) is 0 Å². The van der Waals surface area contributed by atoms with Crippen molar-refractivity contribution in [3.05, 3.63) is 35.4 Å². The van der Waals surface area contributed by atoms with E-state index in [0.29, 0.717) is 25.9 Å². The van der Waals surface area contributed by atoms with E-state index < -0.39 is 5.54 Å². The number of hydrogen-bond acceptors (Lipinski definition) is 4. The maximum Gasteiger partial charge on any atom is 0.324 e. The van der Waals surface area contributed by atoms with Crippen LogP contribution in [-0.2, 0) is 11.3 Å². The van der Waals surface area contributed by atoms with Gasteiger partial charge in [0.25, 0.3) is 11.8 Å². The van der Waals surface area contributed by atoms with Crippen LogP contribution in [0.1, 0.15) is 41.6 Å². The Balaban J connectivity index is 1.46. The van der Waals surface area contributed by atoms with E-state index in [0.717, 1.165) is 35.7 Å². The number of carbonyl (C=O) groups is 3. The number of likely N-dealkylation sites (tertiary alicyclic amines) is 2. The van der Waals surface area contributed by atoms with Crippen molar-refractivity contribution in [2.24, 2.45) is 0 Å². The van der Waals surface area contributed by atoms with Crippen LogP contribution in [-0.4, -0.2) is 71.3 Å². The van der Waals surface area contributed by atoms with E-state index in [1.165, 1.54) is 19.9 Å². The van der Waals surface area contributed by atoms with Gasteiger partial charge >= 0.3 is 6.03 Å². The Kier molecular flexibility index (Phi) is 4.63. The van der Waals surface area contributed by atoms with E-state index in [4.69, 9.17) is 0 Å². The number of hydrogen-bond donors (Lipinski definition) is 1. The first kappa shape index (κ1) is 18.0. The first-order valence-corrected chi connectivity index (χ1v) is 9.70. The second-order valence-electron chi connectivity index (χ2n) is 7.81. The van der Waals surface area contributed by atoms with E-state index in [-0.39, 0.29) is 17.8 Å². The van der Waals surface area contributed by atoms with Crippen molar-refractivity contribution >= 4 is 17.8 Å². The van der Waals surface area contributed by atoms with Crippen LogP contribution >= 0.6 is 0 Å².